The third-order valence-corrected chi connectivity index (χ3v) is 10.3. The molecule has 1 N–H and O–H groups in total. The Morgan fingerprint density at radius 3 is 2.02 bits per heavy atom. The van der Waals surface area contributed by atoms with Gasteiger partial charge in [0.15, 0.2) is 0 Å². The summed E-state index contributed by atoms with van der Waals surface area (Å²) in [4.78, 5) is 31.1. The van der Waals surface area contributed by atoms with Crippen molar-refractivity contribution in [2.75, 3.05) is 5.32 Å². The molecule has 0 saturated heterocycles. The van der Waals surface area contributed by atoms with E-state index >= 15 is 0 Å². The molecule has 0 radical (unpaired) electrons. The lowest BCUT2D eigenvalue weighted by Gasteiger charge is -2.51. The number of nitrogens with zero attached hydrogens (tertiary/aromatic N) is 1. The number of aryl methyl sites for hydroxylation is 3. The fourth-order valence-electron chi connectivity index (χ4n) is 7.90. The van der Waals surface area contributed by atoms with E-state index in [1.807, 2.05) is 69.3 Å². The molecule has 0 bridgehead atoms. The second-order valence-electron chi connectivity index (χ2n) is 13.5. The number of hydrogen-bond acceptors (Lipinski definition) is 2. The number of anilines is 1. The van der Waals surface area contributed by atoms with Crippen molar-refractivity contribution in [1.82, 2.24) is 4.90 Å². The Morgan fingerprint density at radius 1 is 0.809 bits per heavy atom. The number of alkyl halides is 3. The molecule has 2 aliphatic carbocycles. The highest BCUT2D eigenvalue weighted by Gasteiger charge is 2.52. The van der Waals surface area contributed by atoms with Gasteiger partial charge in [0.05, 0.1) is 12.0 Å². The van der Waals surface area contributed by atoms with Crippen molar-refractivity contribution in [3.63, 3.8) is 0 Å². The lowest BCUT2D eigenvalue weighted by Crippen LogP contribution is -2.62. The van der Waals surface area contributed by atoms with Crippen LogP contribution in [0, 0.1) is 32.6 Å². The Morgan fingerprint density at radius 2 is 1.40 bits per heavy atom. The molecule has 0 heterocycles. The summed E-state index contributed by atoms with van der Waals surface area (Å²) in [5, 5.41) is 3.26. The van der Waals surface area contributed by atoms with E-state index < -0.39 is 17.3 Å². The average Bonchev–Trinajstić information content (AvgIpc) is 3.04. The molecule has 0 aliphatic heterocycles. The van der Waals surface area contributed by atoms with Crippen LogP contribution in [0.1, 0.15) is 63.8 Å². The Bertz CT molecular complexity index is 1740. The highest BCUT2D eigenvalue weighted by Crippen LogP contribution is 2.47. The van der Waals surface area contributed by atoms with Crippen LogP contribution in [-0.4, -0.2) is 22.3 Å². The van der Waals surface area contributed by atoms with Crippen LogP contribution in [0.2, 0.25) is 0 Å². The predicted molar refractivity (Wildman–Crippen MR) is 179 cm³/mol. The van der Waals surface area contributed by atoms with Gasteiger partial charge in [0.2, 0.25) is 11.8 Å². The maximum Gasteiger partial charge on any atom is 0.416 e. The normalized spacial score (nSPS) is 20.6. The van der Waals surface area contributed by atoms with E-state index in [9.17, 15) is 22.8 Å². The number of amides is 2. The van der Waals surface area contributed by atoms with Gasteiger partial charge in [0.1, 0.15) is 5.54 Å². The zero-order chi connectivity index (χ0) is 33.3. The van der Waals surface area contributed by atoms with Crippen LogP contribution < -0.4 is 5.32 Å². The number of benzene rings is 4. The summed E-state index contributed by atoms with van der Waals surface area (Å²) < 4.78 is 40.4. The van der Waals surface area contributed by atoms with Crippen LogP contribution >= 0.6 is 0 Å². The van der Waals surface area contributed by atoms with Crippen molar-refractivity contribution in [1.29, 1.82) is 0 Å². The Labute approximate surface area is 275 Å². The van der Waals surface area contributed by atoms with Crippen molar-refractivity contribution in [2.24, 2.45) is 11.8 Å². The SMILES string of the molecule is Cc1cc(C)c(NC(=O)C2(N(Cc3ccc(C(F)(F)F)cc3)C(=O)Cc3ccccc3)CCC3Cc4ccccc4CC3C2)c(C)c1. The van der Waals surface area contributed by atoms with Gasteiger partial charge in [-0.2, -0.15) is 13.2 Å². The first kappa shape index (κ1) is 32.5. The highest BCUT2D eigenvalue weighted by molar-refractivity contribution is 6.02. The minimum atomic E-state index is -4.47. The standard InChI is InChI=1S/C40H41F3N2O2/c1-26-19-27(2)37(28(3)20-26)44-38(47)39(18-17-33-22-31-11-7-8-12-32(31)23-34(33)24-39)45(36(46)21-29-9-5-4-6-10-29)25-30-13-15-35(16-14-30)40(41,42)43/h4-16,19-20,33-34H,17-18,21-25H2,1-3H3,(H,44,47). The predicted octanol–water partition coefficient (Wildman–Crippen LogP) is 8.79. The number of nitrogens with one attached hydrogen (secondary N) is 1. The molecular weight excluding hydrogens is 597 g/mol. The smallest absolute Gasteiger partial charge is 0.324 e. The first-order chi connectivity index (χ1) is 22.4. The Kier molecular flexibility index (Phi) is 9.01. The molecule has 244 valence electrons. The van der Waals surface area contributed by atoms with Crippen LogP contribution in [0.5, 0.6) is 0 Å². The van der Waals surface area contributed by atoms with Gasteiger partial charge in [-0.15, -0.1) is 0 Å². The van der Waals surface area contributed by atoms with E-state index in [1.165, 1.54) is 23.3 Å². The van der Waals surface area contributed by atoms with Crippen LogP contribution in [0.3, 0.4) is 0 Å². The molecule has 4 aromatic rings. The zero-order valence-corrected chi connectivity index (χ0v) is 27.2. The maximum atomic E-state index is 14.9. The van der Waals surface area contributed by atoms with E-state index in [1.54, 1.807) is 4.90 Å². The quantitative estimate of drug-likeness (QED) is 0.220. The molecule has 0 aromatic heterocycles. The molecular formula is C40H41F3N2O2. The van der Waals surface area contributed by atoms with Crippen molar-refractivity contribution in [2.45, 2.75) is 77.6 Å². The minimum Gasteiger partial charge on any atom is -0.324 e. The van der Waals surface area contributed by atoms with Crippen molar-refractivity contribution in [3.8, 4) is 0 Å². The third kappa shape index (κ3) is 6.85. The lowest BCUT2D eigenvalue weighted by molar-refractivity contribution is -0.150. The van der Waals surface area contributed by atoms with Gasteiger partial charge in [-0.05, 0) is 110 Å². The molecule has 0 spiro atoms. The van der Waals surface area contributed by atoms with Crippen molar-refractivity contribution < 1.29 is 22.8 Å². The number of rotatable bonds is 7. The van der Waals surface area contributed by atoms with Gasteiger partial charge in [0, 0.05) is 12.2 Å². The Balaban J connectivity index is 1.43. The van der Waals surface area contributed by atoms with Gasteiger partial charge in [0.25, 0.3) is 0 Å². The maximum absolute atomic E-state index is 14.9. The van der Waals surface area contributed by atoms with Gasteiger partial charge in [-0.1, -0.05) is 84.4 Å². The van der Waals surface area contributed by atoms with E-state index in [4.69, 9.17) is 0 Å². The number of halogens is 3. The van der Waals surface area contributed by atoms with E-state index in [2.05, 4.69) is 23.5 Å². The third-order valence-electron chi connectivity index (χ3n) is 10.3. The molecule has 6 rings (SSSR count). The largest absolute Gasteiger partial charge is 0.416 e. The molecule has 1 saturated carbocycles. The molecule has 4 nitrogen and oxygen atoms in total. The number of carbonyl (C=O) groups excluding carboxylic acids is 2. The molecule has 1 fully saturated rings. The van der Waals surface area contributed by atoms with Gasteiger partial charge < -0.3 is 10.2 Å². The Hall–Kier alpha value is -4.39. The summed E-state index contributed by atoms with van der Waals surface area (Å²) in [7, 11) is 0. The van der Waals surface area contributed by atoms with Crippen LogP contribution in [0.25, 0.3) is 0 Å². The highest BCUT2D eigenvalue weighted by atomic mass is 19.4. The number of carbonyl (C=O) groups is 2. The van der Waals surface area contributed by atoms with Crippen molar-refractivity contribution >= 4 is 17.5 Å². The topological polar surface area (TPSA) is 49.4 Å². The number of hydrogen-bond donors (Lipinski definition) is 1. The summed E-state index contributed by atoms with van der Waals surface area (Å²) in [5.74, 6) is 0.0894. The molecule has 2 amide bonds. The molecule has 4 aromatic carbocycles. The van der Waals surface area contributed by atoms with Crippen LogP contribution in [0.4, 0.5) is 18.9 Å². The first-order valence-electron chi connectivity index (χ1n) is 16.4. The molecule has 3 unspecified atom stereocenters. The monoisotopic (exact) mass is 638 g/mol. The van der Waals surface area contributed by atoms with Crippen molar-refractivity contribution in [3.05, 3.63) is 136 Å². The van der Waals surface area contributed by atoms with E-state index in [-0.39, 0.29) is 30.7 Å². The molecule has 47 heavy (non-hydrogen) atoms. The van der Waals surface area contributed by atoms with Gasteiger partial charge >= 0.3 is 6.18 Å². The fourth-order valence-corrected chi connectivity index (χ4v) is 7.90. The molecule has 3 atom stereocenters. The second kappa shape index (κ2) is 13.0. The minimum absolute atomic E-state index is 0.0249. The van der Waals surface area contributed by atoms with Crippen LogP contribution in [0.15, 0.2) is 91.0 Å². The average molecular weight is 639 g/mol. The summed E-state index contributed by atoms with van der Waals surface area (Å²) in [6.07, 6.45) is -0.931. The lowest BCUT2D eigenvalue weighted by atomic mass is 9.62. The van der Waals surface area contributed by atoms with Gasteiger partial charge in [-0.25, -0.2) is 0 Å². The van der Waals surface area contributed by atoms with E-state index in [0.29, 0.717) is 24.3 Å². The fraction of sp³-hybridized carbons (Fsp3) is 0.350. The summed E-state index contributed by atoms with van der Waals surface area (Å²) in [5.41, 5.74) is 5.75. The van der Waals surface area contributed by atoms with Crippen LogP contribution in [-0.2, 0) is 41.6 Å². The second-order valence-corrected chi connectivity index (χ2v) is 13.5. The summed E-state index contributed by atoms with van der Waals surface area (Å²) in [6, 6.07) is 26.9. The molecule has 2 aliphatic rings. The summed E-state index contributed by atoms with van der Waals surface area (Å²) >= 11 is 0. The zero-order valence-electron chi connectivity index (χ0n) is 27.2. The number of fused-ring (bicyclic) bond motifs is 2. The van der Waals surface area contributed by atoms with Gasteiger partial charge in [-0.3, -0.25) is 9.59 Å². The van der Waals surface area contributed by atoms with E-state index in [0.717, 1.165) is 59.3 Å². The summed E-state index contributed by atoms with van der Waals surface area (Å²) in [6.45, 7) is 5.98. The first-order valence-corrected chi connectivity index (χ1v) is 16.4. The molecule has 7 heteroatoms.